The van der Waals surface area contributed by atoms with Gasteiger partial charge in [0.2, 0.25) is 5.91 Å². The monoisotopic (exact) mass is 350 g/mol. The van der Waals surface area contributed by atoms with Crippen molar-refractivity contribution in [3.05, 3.63) is 59.7 Å². The van der Waals surface area contributed by atoms with Crippen molar-refractivity contribution in [3.8, 4) is 0 Å². The van der Waals surface area contributed by atoms with E-state index < -0.39 is 0 Å². The van der Waals surface area contributed by atoms with Crippen LogP contribution in [0.25, 0.3) is 0 Å². The third-order valence-electron chi connectivity index (χ3n) is 5.67. The largest absolute Gasteiger partial charge is 0.336 e. The maximum atomic E-state index is 13.2. The molecule has 1 atom stereocenters. The number of hydrogen-bond donors (Lipinski definition) is 0. The Morgan fingerprint density at radius 2 is 1.92 bits per heavy atom. The molecule has 2 fully saturated rings. The van der Waals surface area contributed by atoms with Crippen LogP contribution in [-0.4, -0.2) is 45.3 Å². The van der Waals surface area contributed by atoms with Gasteiger partial charge in [-0.05, 0) is 57.0 Å². The van der Waals surface area contributed by atoms with Crippen LogP contribution in [0.5, 0.6) is 0 Å². The number of carbonyl (C=O) groups is 1. The van der Waals surface area contributed by atoms with E-state index in [1.807, 2.05) is 48.4 Å². The quantitative estimate of drug-likeness (QED) is 0.851. The molecule has 2 aliphatic rings. The molecular weight excluding hydrogens is 324 g/mol. The predicted molar refractivity (Wildman–Crippen MR) is 100 cm³/mol. The van der Waals surface area contributed by atoms with Gasteiger partial charge in [-0.15, -0.1) is 0 Å². The van der Waals surface area contributed by atoms with Crippen LogP contribution in [0.15, 0.2) is 42.6 Å². The summed E-state index contributed by atoms with van der Waals surface area (Å²) in [4.78, 5) is 26.6. The molecule has 2 saturated heterocycles. The molecule has 4 rings (SSSR count). The van der Waals surface area contributed by atoms with Crippen LogP contribution in [0, 0.1) is 12.3 Å². The topological polar surface area (TPSA) is 49.3 Å². The zero-order chi connectivity index (χ0) is 18.0. The van der Waals surface area contributed by atoms with Crippen LogP contribution in [0.2, 0.25) is 0 Å². The number of likely N-dealkylation sites (tertiary alicyclic amines) is 2. The summed E-state index contributed by atoms with van der Waals surface area (Å²) >= 11 is 0. The van der Waals surface area contributed by atoms with E-state index in [4.69, 9.17) is 0 Å². The lowest BCUT2D eigenvalue weighted by Gasteiger charge is -2.38. The molecule has 0 N–H and O–H groups in total. The third-order valence-corrected chi connectivity index (χ3v) is 5.67. The highest BCUT2D eigenvalue weighted by Gasteiger charge is 2.48. The normalized spacial score (nSPS) is 23.7. The Balaban J connectivity index is 1.44. The Labute approximate surface area is 155 Å². The molecule has 1 amide bonds. The summed E-state index contributed by atoms with van der Waals surface area (Å²) in [6.07, 6.45) is 4.88. The average molecular weight is 350 g/mol. The highest BCUT2D eigenvalue weighted by atomic mass is 16.2. The molecule has 136 valence electrons. The minimum absolute atomic E-state index is 0.211. The Morgan fingerprint density at radius 1 is 1.04 bits per heavy atom. The second-order valence-corrected chi connectivity index (χ2v) is 7.66. The molecule has 1 unspecified atom stereocenters. The molecule has 0 aliphatic carbocycles. The van der Waals surface area contributed by atoms with Gasteiger partial charge in [0.05, 0.1) is 23.3 Å². The number of aromatic nitrogens is 2. The van der Waals surface area contributed by atoms with Gasteiger partial charge >= 0.3 is 0 Å². The van der Waals surface area contributed by atoms with Crippen LogP contribution in [0.1, 0.15) is 36.3 Å². The van der Waals surface area contributed by atoms with E-state index in [1.54, 1.807) is 0 Å². The molecular formula is C21H26N4O. The average Bonchev–Trinajstić information content (AvgIpc) is 2.92. The summed E-state index contributed by atoms with van der Waals surface area (Å²) in [6, 6.07) is 12.1. The number of nitrogens with zero attached hydrogens (tertiary/aromatic N) is 4. The zero-order valence-corrected chi connectivity index (χ0v) is 15.4. The highest BCUT2D eigenvalue weighted by molar-refractivity contribution is 5.85. The van der Waals surface area contributed by atoms with Gasteiger partial charge in [0.25, 0.3) is 0 Å². The Kier molecular flexibility index (Phi) is 4.72. The standard InChI is InChI=1S/C21H26N4O/c1-17-6-4-8-19(23-17)15-25-13-10-21(20(25)26)9-5-12-24(16-21)14-18-7-2-3-11-22-18/h2-4,6-8,11H,5,9-10,12-16H2,1H3. The van der Waals surface area contributed by atoms with Gasteiger partial charge in [-0.1, -0.05) is 12.1 Å². The lowest BCUT2D eigenvalue weighted by atomic mass is 9.78. The summed E-state index contributed by atoms with van der Waals surface area (Å²) in [5.41, 5.74) is 2.85. The van der Waals surface area contributed by atoms with Crippen molar-refractivity contribution in [2.75, 3.05) is 19.6 Å². The van der Waals surface area contributed by atoms with E-state index in [2.05, 4.69) is 20.9 Å². The van der Waals surface area contributed by atoms with Crippen molar-refractivity contribution in [2.45, 2.75) is 39.3 Å². The second-order valence-electron chi connectivity index (χ2n) is 7.66. The van der Waals surface area contributed by atoms with Crippen molar-refractivity contribution < 1.29 is 4.79 Å². The SMILES string of the molecule is Cc1cccc(CN2CCC3(CCCN(Cc4ccccn4)C3)C2=O)n1. The highest BCUT2D eigenvalue weighted by Crippen LogP contribution is 2.40. The molecule has 0 radical (unpaired) electrons. The lowest BCUT2D eigenvalue weighted by Crippen LogP contribution is -2.47. The van der Waals surface area contributed by atoms with Gasteiger partial charge in [-0.25, -0.2) is 0 Å². The van der Waals surface area contributed by atoms with E-state index in [1.165, 1.54) is 0 Å². The second kappa shape index (κ2) is 7.16. The summed E-state index contributed by atoms with van der Waals surface area (Å²) in [7, 11) is 0. The minimum Gasteiger partial charge on any atom is -0.336 e. The number of piperidine rings is 1. The maximum Gasteiger partial charge on any atom is 0.230 e. The van der Waals surface area contributed by atoms with Gasteiger partial charge in [0.15, 0.2) is 0 Å². The van der Waals surface area contributed by atoms with Crippen LogP contribution >= 0.6 is 0 Å². The summed E-state index contributed by atoms with van der Waals surface area (Å²) in [5, 5.41) is 0. The minimum atomic E-state index is -0.211. The Bertz CT molecular complexity index is 779. The van der Waals surface area contributed by atoms with E-state index in [-0.39, 0.29) is 5.41 Å². The molecule has 0 bridgehead atoms. The first-order valence-corrected chi connectivity index (χ1v) is 9.49. The number of rotatable bonds is 4. The van der Waals surface area contributed by atoms with E-state index in [0.29, 0.717) is 12.5 Å². The molecule has 26 heavy (non-hydrogen) atoms. The molecule has 5 nitrogen and oxygen atoms in total. The maximum absolute atomic E-state index is 13.2. The zero-order valence-electron chi connectivity index (χ0n) is 15.4. The van der Waals surface area contributed by atoms with Crippen molar-refractivity contribution in [2.24, 2.45) is 5.41 Å². The molecule has 2 aromatic rings. The van der Waals surface area contributed by atoms with Crippen LogP contribution in [-0.2, 0) is 17.9 Å². The third kappa shape index (κ3) is 3.49. The van der Waals surface area contributed by atoms with E-state index in [0.717, 1.165) is 62.5 Å². The summed E-state index contributed by atoms with van der Waals surface area (Å²) in [5.74, 6) is 0.312. The van der Waals surface area contributed by atoms with E-state index >= 15 is 0 Å². The molecule has 2 aliphatic heterocycles. The van der Waals surface area contributed by atoms with Crippen LogP contribution in [0.4, 0.5) is 0 Å². The van der Waals surface area contributed by atoms with Gasteiger partial charge in [-0.2, -0.15) is 0 Å². The first-order valence-electron chi connectivity index (χ1n) is 9.49. The molecule has 2 aromatic heterocycles. The molecule has 5 heteroatoms. The summed E-state index contributed by atoms with van der Waals surface area (Å²) in [6.45, 7) is 6.18. The van der Waals surface area contributed by atoms with Gasteiger partial charge in [0, 0.05) is 31.5 Å². The van der Waals surface area contributed by atoms with Crippen molar-refractivity contribution >= 4 is 5.91 Å². The van der Waals surface area contributed by atoms with Crippen molar-refractivity contribution in [3.63, 3.8) is 0 Å². The van der Waals surface area contributed by atoms with Gasteiger partial charge < -0.3 is 4.90 Å². The Morgan fingerprint density at radius 3 is 2.73 bits per heavy atom. The lowest BCUT2D eigenvalue weighted by molar-refractivity contribution is -0.139. The fraction of sp³-hybridized carbons (Fsp3) is 0.476. The first-order chi connectivity index (χ1) is 12.6. The Hall–Kier alpha value is -2.27. The first kappa shape index (κ1) is 17.2. The number of amides is 1. The van der Waals surface area contributed by atoms with Crippen LogP contribution < -0.4 is 0 Å². The molecule has 1 spiro atoms. The molecule has 4 heterocycles. The number of pyridine rings is 2. The summed E-state index contributed by atoms with van der Waals surface area (Å²) < 4.78 is 0. The number of hydrogen-bond acceptors (Lipinski definition) is 4. The van der Waals surface area contributed by atoms with Crippen LogP contribution in [0.3, 0.4) is 0 Å². The van der Waals surface area contributed by atoms with E-state index in [9.17, 15) is 4.79 Å². The fourth-order valence-corrected chi connectivity index (χ4v) is 4.39. The van der Waals surface area contributed by atoms with Crippen molar-refractivity contribution in [1.29, 1.82) is 0 Å². The predicted octanol–water partition coefficient (Wildman–Crippen LogP) is 2.80. The van der Waals surface area contributed by atoms with Gasteiger partial charge in [-0.3, -0.25) is 19.7 Å². The number of carbonyl (C=O) groups excluding carboxylic acids is 1. The smallest absolute Gasteiger partial charge is 0.230 e. The molecule has 0 saturated carbocycles. The van der Waals surface area contributed by atoms with Gasteiger partial charge in [0.1, 0.15) is 0 Å². The number of aryl methyl sites for hydroxylation is 1. The fourth-order valence-electron chi connectivity index (χ4n) is 4.39. The molecule has 0 aromatic carbocycles. The van der Waals surface area contributed by atoms with Crippen molar-refractivity contribution in [1.82, 2.24) is 19.8 Å².